The predicted molar refractivity (Wildman–Crippen MR) is 75.9 cm³/mol. The molecule has 0 N–H and O–H groups in total. The van der Waals surface area contributed by atoms with E-state index in [1.165, 1.54) is 25.9 Å². The molecule has 1 rings (SSSR count). The van der Waals surface area contributed by atoms with Crippen molar-refractivity contribution in [2.45, 2.75) is 51.7 Å². The Bertz CT molecular complexity index is 211. The molecule has 1 saturated heterocycles. The molecule has 0 aromatic carbocycles. The highest BCUT2D eigenvalue weighted by molar-refractivity contribution is 4.82. The van der Waals surface area contributed by atoms with E-state index in [2.05, 4.69) is 25.8 Å². The zero-order valence-corrected chi connectivity index (χ0v) is 12.8. The Morgan fingerprint density at radius 3 is 2.22 bits per heavy atom. The van der Waals surface area contributed by atoms with Gasteiger partial charge in [-0.25, -0.2) is 0 Å². The summed E-state index contributed by atoms with van der Waals surface area (Å²) < 4.78 is 11.2. The van der Waals surface area contributed by atoms with E-state index >= 15 is 0 Å². The lowest BCUT2D eigenvalue weighted by Crippen LogP contribution is -2.38. The van der Waals surface area contributed by atoms with Crippen molar-refractivity contribution in [3.05, 3.63) is 0 Å². The van der Waals surface area contributed by atoms with Crippen LogP contribution in [-0.4, -0.2) is 51.5 Å². The van der Waals surface area contributed by atoms with Crippen LogP contribution in [0.1, 0.15) is 39.5 Å². The lowest BCUT2D eigenvalue weighted by Gasteiger charge is -2.38. The molecule has 108 valence electrons. The Kier molecular flexibility index (Phi) is 7.20. The van der Waals surface area contributed by atoms with E-state index < -0.39 is 0 Å². The molecule has 0 radical (unpaired) electrons. The highest BCUT2D eigenvalue weighted by Gasteiger charge is 2.31. The number of likely N-dealkylation sites (tertiary alicyclic amines) is 1. The topological polar surface area (TPSA) is 21.7 Å². The Morgan fingerprint density at radius 1 is 1.17 bits per heavy atom. The first-order chi connectivity index (χ1) is 8.62. The van der Waals surface area contributed by atoms with Crippen molar-refractivity contribution in [2.24, 2.45) is 11.8 Å². The van der Waals surface area contributed by atoms with E-state index in [4.69, 9.17) is 9.47 Å². The van der Waals surface area contributed by atoms with E-state index in [0.717, 1.165) is 18.8 Å². The van der Waals surface area contributed by atoms with Gasteiger partial charge in [0.1, 0.15) is 0 Å². The summed E-state index contributed by atoms with van der Waals surface area (Å²) in [7, 11) is 5.88. The molecule has 18 heavy (non-hydrogen) atoms. The summed E-state index contributed by atoms with van der Waals surface area (Å²) in [6.07, 6.45) is 5.55. The van der Waals surface area contributed by atoms with Gasteiger partial charge in [0.05, 0.1) is 12.2 Å². The molecule has 3 nitrogen and oxygen atoms in total. The van der Waals surface area contributed by atoms with Gasteiger partial charge >= 0.3 is 0 Å². The van der Waals surface area contributed by atoms with E-state index in [0.29, 0.717) is 18.1 Å². The first kappa shape index (κ1) is 15.9. The number of ether oxygens (including phenoxy) is 2. The number of nitrogens with zero attached hydrogens (tertiary/aromatic N) is 1. The summed E-state index contributed by atoms with van der Waals surface area (Å²) in [6.45, 7) is 6.87. The van der Waals surface area contributed by atoms with E-state index in [1.54, 1.807) is 0 Å². The molecule has 0 aliphatic carbocycles. The van der Waals surface area contributed by atoms with Crippen molar-refractivity contribution in [1.29, 1.82) is 0 Å². The van der Waals surface area contributed by atoms with E-state index in [1.807, 2.05) is 14.2 Å². The maximum Gasteiger partial charge on any atom is 0.0575 e. The second-order valence-electron chi connectivity index (χ2n) is 5.75. The maximum atomic E-state index is 5.61. The minimum Gasteiger partial charge on any atom is -0.381 e. The molecular formula is C15H31NO2. The van der Waals surface area contributed by atoms with Gasteiger partial charge in [-0.1, -0.05) is 6.92 Å². The van der Waals surface area contributed by atoms with Crippen molar-refractivity contribution < 1.29 is 9.47 Å². The fourth-order valence-corrected chi connectivity index (χ4v) is 3.13. The molecule has 1 aliphatic rings. The van der Waals surface area contributed by atoms with Gasteiger partial charge in [0.25, 0.3) is 0 Å². The average molecular weight is 257 g/mol. The van der Waals surface area contributed by atoms with E-state index in [-0.39, 0.29) is 0 Å². The smallest absolute Gasteiger partial charge is 0.0575 e. The summed E-state index contributed by atoms with van der Waals surface area (Å²) in [5.74, 6) is 1.42. The van der Waals surface area contributed by atoms with Crippen molar-refractivity contribution in [2.75, 3.05) is 34.4 Å². The largest absolute Gasteiger partial charge is 0.381 e. The fourth-order valence-electron chi connectivity index (χ4n) is 3.13. The SMILES string of the molecule is CCC(CC(C1CCN(C)CC1)C(C)OC)OC. The number of hydrogen-bond acceptors (Lipinski definition) is 3. The summed E-state index contributed by atoms with van der Waals surface area (Å²) in [4.78, 5) is 2.43. The van der Waals surface area contributed by atoms with Gasteiger partial charge in [0.2, 0.25) is 0 Å². The van der Waals surface area contributed by atoms with Crippen LogP contribution in [0.3, 0.4) is 0 Å². The lowest BCUT2D eigenvalue weighted by molar-refractivity contribution is -0.0136. The Balaban J connectivity index is 2.59. The third-order valence-corrected chi connectivity index (χ3v) is 4.67. The van der Waals surface area contributed by atoms with Crippen LogP contribution in [0.4, 0.5) is 0 Å². The van der Waals surface area contributed by atoms with Crippen molar-refractivity contribution in [1.82, 2.24) is 4.90 Å². The molecule has 3 unspecified atom stereocenters. The van der Waals surface area contributed by atoms with Gasteiger partial charge < -0.3 is 14.4 Å². The molecule has 0 bridgehead atoms. The standard InChI is InChI=1S/C15H31NO2/c1-6-14(18-5)11-15(12(2)17-4)13-7-9-16(3)10-8-13/h12-15H,6-11H2,1-5H3. The quantitative estimate of drug-likeness (QED) is 0.700. The van der Waals surface area contributed by atoms with Crippen LogP contribution in [0.25, 0.3) is 0 Å². The van der Waals surface area contributed by atoms with Gasteiger partial charge in [0, 0.05) is 14.2 Å². The molecule has 0 aromatic rings. The number of rotatable bonds is 7. The maximum absolute atomic E-state index is 5.61. The highest BCUT2D eigenvalue weighted by atomic mass is 16.5. The number of methoxy groups -OCH3 is 2. The van der Waals surface area contributed by atoms with Gasteiger partial charge in [-0.3, -0.25) is 0 Å². The first-order valence-electron chi connectivity index (χ1n) is 7.36. The van der Waals surface area contributed by atoms with Crippen LogP contribution >= 0.6 is 0 Å². The molecule has 0 spiro atoms. The molecule has 1 heterocycles. The monoisotopic (exact) mass is 257 g/mol. The number of piperidine rings is 1. The molecule has 1 aliphatic heterocycles. The molecule has 1 fully saturated rings. The van der Waals surface area contributed by atoms with Crippen LogP contribution in [0.5, 0.6) is 0 Å². The van der Waals surface area contributed by atoms with E-state index in [9.17, 15) is 0 Å². The normalized spacial score (nSPS) is 23.8. The van der Waals surface area contributed by atoms with Gasteiger partial charge in [-0.15, -0.1) is 0 Å². The lowest BCUT2D eigenvalue weighted by atomic mass is 9.78. The molecular weight excluding hydrogens is 226 g/mol. The summed E-state index contributed by atoms with van der Waals surface area (Å²) in [6, 6.07) is 0. The predicted octanol–water partition coefficient (Wildman–Crippen LogP) is 2.79. The Hall–Kier alpha value is -0.120. The minimum atomic E-state index is 0.336. The Labute approximate surface area is 113 Å². The van der Waals surface area contributed by atoms with Crippen LogP contribution in [-0.2, 0) is 9.47 Å². The molecule has 0 amide bonds. The number of hydrogen-bond donors (Lipinski definition) is 0. The minimum absolute atomic E-state index is 0.336. The van der Waals surface area contributed by atoms with Crippen molar-refractivity contribution in [3.63, 3.8) is 0 Å². The van der Waals surface area contributed by atoms with Crippen molar-refractivity contribution in [3.8, 4) is 0 Å². The average Bonchev–Trinajstić information content (AvgIpc) is 2.41. The second kappa shape index (κ2) is 8.13. The summed E-state index contributed by atoms with van der Waals surface area (Å²) in [5.41, 5.74) is 0. The zero-order chi connectivity index (χ0) is 13.5. The van der Waals surface area contributed by atoms with Crippen LogP contribution in [0.2, 0.25) is 0 Å². The van der Waals surface area contributed by atoms with Crippen LogP contribution in [0.15, 0.2) is 0 Å². The summed E-state index contributed by atoms with van der Waals surface area (Å²) in [5, 5.41) is 0. The second-order valence-corrected chi connectivity index (χ2v) is 5.75. The summed E-state index contributed by atoms with van der Waals surface area (Å²) >= 11 is 0. The highest BCUT2D eigenvalue weighted by Crippen LogP contribution is 2.32. The molecule has 3 atom stereocenters. The van der Waals surface area contributed by atoms with Crippen LogP contribution < -0.4 is 0 Å². The van der Waals surface area contributed by atoms with Gasteiger partial charge in [-0.05, 0) is 64.6 Å². The molecule has 0 aromatic heterocycles. The third-order valence-electron chi connectivity index (χ3n) is 4.67. The Morgan fingerprint density at radius 2 is 1.78 bits per heavy atom. The molecule has 0 saturated carbocycles. The molecule has 3 heteroatoms. The fraction of sp³-hybridized carbons (Fsp3) is 1.00. The first-order valence-corrected chi connectivity index (χ1v) is 7.36. The van der Waals surface area contributed by atoms with Crippen molar-refractivity contribution >= 4 is 0 Å². The van der Waals surface area contributed by atoms with Gasteiger partial charge in [0.15, 0.2) is 0 Å². The van der Waals surface area contributed by atoms with Crippen LogP contribution in [0, 0.1) is 11.8 Å². The zero-order valence-electron chi connectivity index (χ0n) is 12.8. The van der Waals surface area contributed by atoms with Gasteiger partial charge in [-0.2, -0.15) is 0 Å². The third kappa shape index (κ3) is 4.52.